The van der Waals surface area contributed by atoms with Crippen LogP contribution in [0.3, 0.4) is 0 Å². The van der Waals surface area contributed by atoms with Crippen LogP contribution in [0.5, 0.6) is 5.75 Å². The zero-order valence-electron chi connectivity index (χ0n) is 14.6. The number of rotatable bonds is 4. The van der Waals surface area contributed by atoms with Crippen LogP contribution in [0.15, 0.2) is 59.6 Å². The molecule has 126 valence electrons. The molecule has 2 aromatic carbocycles. The monoisotopic (exact) mass is 348 g/mol. The summed E-state index contributed by atoms with van der Waals surface area (Å²) >= 11 is 1.78. The van der Waals surface area contributed by atoms with Crippen LogP contribution in [0.2, 0.25) is 0 Å². The Hall–Kier alpha value is -2.46. The first-order chi connectivity index (χ1) is 12.2. The highest BCUT2D eigenvalue weighted by Gasteiger charge is 2.13. The van der Waals surface area contributed by atoms with Gasteiger partial charge in [0.1, 0.15) is 5.75 Å². The van der Waals surface area contributed by atoms with E-state index in [0.717, 1.165) is 28.7 Å². The first kappa shape index (κ1) is 16.0. The molecule has 0 aliphatic carbocycles. The largest absolute Gasteiger partial charge is 0.497 e. The van der Waals surface area contributed by atoms with Gasteiger partial charge in [0.05, 0.1) is 23.7 Å². The van der Waals surface area contributed by atoms with Gasteiger partial charge in [0.15, 0.2) is 0 Å². The van der Waals surface area contributed by atoms with Crippen molar-refractivity contribution in [2.24, 2.45) is 0 Å². The minimum absolute atomic E-state index is 0.832. The van der Waals surface area contributed by atoms with Gasteiger partial charge in [0, 0.05) is 23.0 Å². The van der Waals surface area contributed by atoms with Crippen LogP contribution in [0.1, 0.15) is 11.1 Å². The Balaban J connectivity index is 1.91. The number of benzene rings is 2. The van der Waals surface area contributed by atoms with Crippen molar-refractivity contribution in [1.82, 2.24) is 9.55 Å². The summed E-state index contributed by atoms with van der Waals surface area (Å²) in [4.78, 5) is 5.92. The van der Waals surface area contributed by atoms with Gasteiger partial charge in [0.25, 0.3) is 0 Å². The van der Waals surface area contributed by atoms with E-state index in [-0.39, 0.29) is 0 Å². The molecule has 0 fully saturated rings. The highest BCUT2D eigenvalue weighted by atomic mass is 32.2. The number of pyridine rings is 1. The zero-order chi connectivity index (χ0) is 17.4. The topological polar surface area (TPSA) is 27.1 Å². The molecule has 0 spiro atoms. The highest BCUT2D eigenvalue weighted by Crippen LogP contribution is 2.31. The van der Waals surface area contributed by atoms with Crippen LogP contribution in [0.25, 0.3) is 21.9 Å². The molecule has 25 heavy (non-hydrogen) atoms. The second kappa shape index (κ2) is 6.45. The van der Waals surface area contributed by atoms with Crippen LogP contribution in [-0.4, -0.2) is 22.9 Å². The van der Waals surface area contributed by atoms with E-state index in [1.165, 1.54) is 21.5 Å². The van der Waals surface area contributed by atoms with E-state index >= 15 is 0 Å². The standard InChI is InChI=1S/C21H20N2OS/c1-14-11-17(25-3)8-6-15(14)13-23-19-9-7-16(24-2)12-18(19)21-20(23)5-4-10-22-21/h4-12H,13H2,1-3H3. The average molecular weight is 348 g/mol. The van der Waals surface area contributed by atoms with E-state index in [4.69, 9.17) is 4.74 Å². The van der Waals surface area contributed by atoms with Gasteiger partial charge >= 0.3 is 0 Å². The number of aromatic nitrogens is 2. The molecule has 0 saturated heterocycles. The van der Waals surface area contributed by atoms with Gasteiger partial charge in [-0.3, -0.25) is 4.98 Å². The lowest BCUT2D eigenvalue weighted by Crippen LogP contribution is -2.01. The van der Waals surface area contributed by atoms with Crippen LogP contribution in [0, 0.1) is 6.92 Å². The number of fused-ring (bicyclic) bond motifs is 3. The molecule has 0 radical (unpaired) electrons. The van der Waals surface area contributed by atoms with Gasteiger partial charge in [-0.15, -0.1) is 11.8 Å². The summed E-state index contributed by atoms with van der Waals surface area (Å²) in [5.41, 5.74) is 6.01. The summed E-state index contributed by atoms with van der Waals surface area (Å²) in [7, 11) is 1.70. The van der Waals surface area contributed by atoms with Gasteiger partial charge in [0.2, 0.25) is 0 Å². The van der Waals surface area contributed by atoms with Crippen molar-refractivity contribution < 1.29 is 4.74 Å². The molecule has 2 heterocycles. The first-order valence-corrected chi connectivity index (χ1v) is 9.48. The average Bonchev–Trinajstić information content (AvgIpc) is 2.96. The van der Waals surface area contributed by atoms with Crippen LogP contribution in [0.4, 0.5) is 0 Å². The van der Waals surface area contributed by atoms with Crippen LogP contribution in [-0.2, 0) is 6.54 Å². The fraction of sp³-hybridized carbons (Fsp3) is 0.190. The molecule has 0 aliphatic heterocycles. The maximum atomic E-state index is 5.40. The van der Waals surface area contributed by atoms with E-state index in [0.29, 0.717) is 0 Å². The Morgan fingerprint density at radius 1 is 1.08 bits per heavy atom. The maximum absolute atomic E-state index is 5.40. The lowest BCUT2D eigenvalue weighted by Gasteiger charge is -2.11. The van der Waals surface area contributed by atoms with Crippen molar-refractivity contribution in [3.8, 4) is 5.75 Å². The maximum Gasteiger partial charge on any atom is 0.119 e. The smallest absolute Gasteiger partial charge is 0.119 e. The van der Waals surface area contributed by atoms with Gasteiger partial charge in [-0.05, 0) is 66.8 Å². The molecule has 0 bridgehead atoms. The Bertz CT molecular complexity index is 1070. The highest BCUT2D eigenvalue weighted by molar-refractivity contribution is 7.98. The summed E-state index contributed by atoms with van der Waals surface area (Å²) in [5, 5.41) is 1.13. The Morgan fingerprint density at radius 2 is 1.96 bits per heavy atom. The van der Waals surface area contributed by atoms with Crippen LogP contribution < -0.4 is 4.74 Å². The van der Waals surface area contributed by atoms with Crippen molar-refractivity contribution >= 4 is 33.7 Å². The third kappa shape index (κ3) is 2.76. The number of hydrogen-bond acceptors (Lipinski definition) is 3. The molecule has 4 rings (SSSR count). The van der Waals surface area contributed by atoms with Crippen molar-refractivity contribution in [3.63, 3.8) is 0 Å². The molecule has 4 heteroatoms. The van der Waals surface area contributed by atoms with E-state index in [1.54, 1.807) is 18.9 Å². The molecule has 0 unspecified atom stereocenters. The van der Waals surface area contributed by atoms with Gasteiger partial charge in [-0.25, -0.2) is 0 Å². The summed E-state index contributed by atoms with van der Waals surface area (Å²) in [6.45, 7) is 3.02. The fourth-order valence-corrected chi connectivity index (χ4v) is 3.83. The Kier molecular flexibility index (Phi) is 4.14. The fourth-order valence-electron chi connectivity index (χ4n) is 3.33. The number of hydrogen-bond donors (Lipinski definition) is 0. The Labute approximate surface area is 151 Å². The summed E-state index contributed by atoms with van der Waals surface area (Å²) < 4.78 is 7.75. The molecule has 0 atom stereocenters. The molecule has 0 N–H and O–H groups in total. The number of aryl methyl sites for hydroxylation is 1. The summed E-state index contributed by atoms with van der Waals surface area (Å²) in [6.07, 6.45) is 3.96. The second-order valence-electron chi connectivity index (χ2n) is 6.13. The van der Waals surface area contributed by atoms with Crippen molar-refractivity contribution in [1.29, 1.82) is 0 Å². The zero-order valence-corrected chi connectivity index (χ0v) is 15.4. The predicted molar refractivity (Wildman–Crippen MR) is 106 cm³/mol. The quantitative estimate of drug-likeness (QED) is 0.470. The lowest BCUT2D eigenvalue weighted by molar-refractivity contribution is 0.415. The molecule has 4 aromatic rings. The lowest BCUT2D eigenvalue weighted by atomic mass is 10.1. The molecule has 0 amide bonds. The van der Waals surface area contributed by atoms with Gasteiger partial charge < -0.3 is 9.30 Å². The number of nitrogens with zero attached hydrogens (tertiary/aromatic N) is 2. The van der Waals surface area contributed by atoms with E-state index in [9.17, 15) is 0 Å². The van der Waals surface area contributed by atoms with Crippen LogP contribution >= 0.6 is 11.8 Å². The van der Waals surface area contributed by atoms with Crippen molar-refractivity contribution in [2.75, 3.05) is 13.4 Å². The summed E-state index contributed by atoms with van der Waals surface area (Å²) in [5.74, 6) is 0.859. The Morgan fingerprint density at radius 3 is 2.72 bits per heavy atom. The molecule has 0 aliphatic rings. The van der Waals surface area contributed by atoms with E-state index in [1.807, 2.05) is 18.3 Å². The minimum atomic E-state index is 0.832. The minimum Gasteiger partial charge on any atom is -0.497 e. The SMILES string of the molecule is COc1ccc2c(c1)c1ncccc1n2Cc1ccc(SC)cc1C. The molecule has 0 saturated carbocycles. The van der Waals surface area contributed by atoms with E-state index in [2.05, 4.69) is 59.1 Å². The number of methoxy groups -OCH3 is 1. The third-order valence-electron chi connectivity index (χ3n) is 4.71. The van der Waals surface area contributed by atoms with Crippen molar-refractivity contribution in [2.45, 2.75) is 18.4 Å². The second-order valence-corrected chi connectivity index (χ2v) is 7.01. The predicted octanol–water partition coefficient (Wildman–Crippen LogP) is 5.28. The first-order valence-electron chi connectivity index (χ1n) is 8.25. The van der Waals surface area contributed by atoms with Gasteiger partial charge in [-0.1, -0.05) is 6.07 Å². The number of thioether (sulfide) groups is 1. The van der Waals surface area contributed by atoms with Crippen molar-refractivity contribution in [3.05, 3.63) is 65.9 Å². The molecule has 2 aromatic heterocycles. The summed E-state index contributed by atoms with van der Waals surface area (Å²) in [6, 6.07) is 17.0. The van der Waals surface area contributed by atoms with Gasteiger partial charge in [-0.2, -0.15) is 0 Å². The molecular weight excluding hydrogens is 328 g/mol. The molecule has 3 nitrogen and oxygen atoms in total. The third-order valence-corrected chi connectivity index (χ3v) is 5.43. The van der Waals surface area contributed by atoms with E-state index < -0.39 is 0 Å². The molecular formula is C21H20N2OS. The number of ether oxygens (including phenoxy) is 1. The normalized spacial score (nSPS) is 11.3.